The lowest BCUT2D eigenvalue weighted by Gasteiger charge is -2.37. The zero-order valence-electron chi connectivity index (χ0n) is 17.1. The van der Waals surface area contributed by atoms with Gasteiger partial charge >= 0.3 is 0 Å². The molecule has 1 aliphatic carbocycles. The summed E-state index contributed by atoms with van der Waals surface area (Å²) in [6.45, 7) is 6.89. The molecule has 29 heavy (non-hydrogen) atoms. The predicted molar refractivity (Wildman–Crippen MR) is 124 cm³/mol. The summed E-state index contributed by atoms with van der Waals surface area (Å²) in [5.41, 5.74) is 2.46. The number of halogens is 1. The normalized spacial score (nSPS) is 22.3. The molecule has 7 nitrogen and oxygen atoms in total. The topological polar surface area (TPSA) is 77.1 Å². The second-order valence-corrected chi connectivity index (χ2v) is 7.78. The summed E-state index contributed by atoms with van der Waals surface area (Å²) in [5.74, 6) is 1.71. The van der Waals surface area contributed by atoms with E-state index in [4.69, 9.17) is 4.52 Å². The Morgan fingerprint density at radius 3 is 2.72 bits per heavy atom. The van der Waals surface area contributed by atoms with E-state index in [9.17, 15) is 5.11 Å². The number of aryl methyl sites for hydroxylation is 2. The van der Waals surface area contributed by atoms with Gasteiger partial charge in [0.25, 0.3) is 0 Å². The highest BCUT2D eigenvalue weighted by Crippen LogP contribution is 2.36. The summed E-state index contributed by atoms with van der Waals surface area (Å²) in [6, 6.07) is 10.2. The maximum absolute atomic E-state index is 11.1. The minimum absolute atomic E-state index is 0. The lowest BCUT2D eigenvalue weighted by atomic mass is 9.96. The smallest absolute Gasteiger partial charge is 0.193 e. The number of nitrogens with zero attached hydrogens (tertiary/aromatic N) is 4. The fourth-order valence-corrected chi connectivity index (χ4v) is 4.25. The highest BCUT2D eigenvalue weighted by atomic mass is 127. The molecular formula is C21H30IN5O2. The monoisotopic (exact) mass is 511 g/mol. The van der Waals surface area contributed by atoms with Crippen LogP contribution in [0.15, 0.2) is 39.8 Å². The Bertz CT molecular complexity index is 847. The van der Waals surface area contributed by atoms with Gasteiger partial charge in [-0.3, -0.25) is 9.89 Å². The first-order valence-electron chi connectivity index (χ1n) is 9.98. The average Bonchev–Trinajstić information content (AvgIpc) is 3.27. The molecule has 2 N–H and O–H groups in total. The number of benzene rings is 1. The minimum Gasteiger partial charge on any atom is -0.383 e. The van der Waals surface area contributed by atoms with E-state index >= 15 is 0 Å². The number of fused-ring (bicyclic) bond motifs is 1. The molecule has 2 heterocycles. The van der Waals surface area contributed by atoms with E-state index in [0.29, 0.717) is 6.54 Å². The van der Waals surface area contributed by atoms with Crippen LogP contribution in [0.1, 0.15) is 29.0 Å². The Kier molecular flexibility index (Phi) is 7.18. The number of hydrogen-bond acceptors (Lipinski definition) is 5. The van der Waals surface area contributed by atoms with Crippen LogP contribution in [0.3, 0.4) is 0 Å². The molecule has 1 aromatic heterocycles. The molecule has 1 unspecified atom stereocenters. The molecule has 2 aliphatic rings. The van der Waals surface area contributed by atoms with Crippen molar-refractivity contribution in [2.75, 3.05) is 39.8 Å². The average molecular weight is 511 g/mol. The number of rotatable bonds is 4. The maximum Gasteiger partial charge on any atom is 0.193 e. The SMILES string of the molecule is CN=C(NCC1(O)CCc2ccccc21)N1CCN(Cc2cc(C)on2)CC1.I. The number of aliphatic hydroxyl groups is 1. The van der Waals surface area contributed by atoms with Crippen molar-refractivity contribution in [1.29, 1.82) is 0 Å². The molecule has 0 radical (unpaired) electrons. The highest BCUT2D eigenvalue weighted by molar-refractivity contribution is 14.0. The van der Waals surface area contributed by atoms with Crippen LogP contribution in [-0.2, 0) is 18.6 Å². The van der Waals surface area contributed by atoms with Gasteiger partial charge in [0.2, 0.25) is 0 Å². The summed E-state index contributed by atoms with van der Waals surface area (Å²) in [7, 11) is 1.81. The van der Waals surface area contributed by atoms with Crippen molar-refractivity contribution >= 4 is 29.9 Å². The number of guanidine groups is 1. The molecule has 0 amide bonds. The van der Waals surface area contributed by atoms with Crippen molar-refractivity contribution < 1.29 is 9.63 Å². The van der Waals surface area contributed by atoms with E-state index in [1.165, 1.54) is 5.56 Å². The van der Waals surface area contributed by atoms with Crippen LogP contribution in [0.5, 0.6) is 0 Å². The number of piperazine rings is 1. The van der Waals surface area contributed by atoms with Crippen LogP contribution < -0.4 is 5.32 Å². The summed E-state index contributed by atoms with van der Waals surface area (Å²) in [6.07, 6.45) is 1.67. The van der Waals surface area contributed by atoms with Crippen molar-refractivity contribution in [2.45, 2.75) is 31.9 Å². The van der Waals surface area contributed by atoms with Crippen molar-refractivity contribution in [3.05, 3.63) is 52.9 Å². The van der Waals surface area contributed by atoms with E-state index < -0.39 is 5.60 Å². The van der Waals surface area contributed by atoms with Gasteiger partial charge < -0.3 is 19.8 Å². The molecule has 1 aromatic carbocycles. The first-order valence-corrected chi connectivity index (χ1v) is 9.98. The van der Waals surface area contributed by atoms with Gasteiger partial charge in [-0.25, -0.2) is 0 Å². The summed E-state index contributed by atoms with van der Waals surface area (Å²) in [4.78, 5) is 9.08. The lowest BCUT2D eigenvalue weighted by molar-refractivity contribution is 0.0421. The van der Waals surface area contributed by atoms with Gasteiger partial charge in [-0.05, 0) is 30.9 Å². The highest BCUT2D eigenvalue weighted by Gasteiger charge is 2.36. The molecule has 1 atom stereocenters. The summed E-state index contributed by atoms with van der Waals surface area (Å²) >= 11 is 0. The van der Waals surface area contributed by atoms with Gasteiger partial charge in [-0.2, -0.15) is 0 Å². The third-order valence-electron chi connectivity index (χ3n) is 5.81. The molecule has 0 saturated carbocycles. The predicted octanol–water partition coefficient (Wildman–Crippen LogP) is 2.13. The molecular weight excluding hydrogens is 481 g/mol. The zero-order valence-corrected chi connectivity index (χ0v) is 19.4. The van der Waals surface area contributed by atoms with Gasteiger partial charge in [-0.1, -0.05) is 29.4 Å². The summed E-state index contributed by atoms with van der Waals surface area (Å²) < 4.78 is 5.16. The van der Waals surface area contributed by atoms with Gasteiger partial charge in [0.1, 0.15) is 11.4 Å². The Morgan fingerprint density at radius 2 is 2.03 bits per heavy atom. The zero-order chi connectivity index (χ0) is 19.6. The first-order chi connectivity index (χ1) is 13.6. The molecule has 1 saturated heterocycles. The van der Waals surface area contributed by atoms with Crippen LogP contribution >= 0.6 is 24.0 Å². The molecule has 2 aromatic rings. The van der Waals surface area contributed by atoms with Crippen LogP contribution in [0.4, 0.5) is 0 Å². The lowest BCUT2D eigenvalue weighted by Crippen LogP contribution is -2.54. The molecule has 1 fully saturated rings. The largest absolute Gasteiger partial charge is 0.383 e. The van der Waals surface area contributed by atoms with Crippen LogP contribution in [0.25, 0.3) is 0 Å². The second kappa shape index (κ2) is 9.44. The van der Waals surface area contributed by atoms with E-state index in [0.717, 1.165) is 68.5 Å². The van der Waals surface area contributed by atoms with E-state index in [1.54, 1.807) is 7.05 Å². The number of aromatic nitrogens is 1. The van der Waals surface area contributed by atoms with Gasteiger partial charge in [0.15, 0.2) is 5.96 Å². The molecule has 158 valence electrons. The van der Waals surface area contributed by atoms with E-state index in [2.05, 4.69) is 31.3 Å². The van der Waals surface area contributed by atoms with Gasteiger partial charge in [-0.15, -0.1) is 24.0 Å². The Balaban J connectivity index is 0.00000240. The summed E-state index contributed by atoms with van der Waals surface area (Å²) in [5, 5.41) is 18.6. The van der Waals surface area contributed by atoms with E-state index in [-0.39, 0.29) is 24.0 Å². The molecule has 1 aliphatic heterocycles. The van der Waals surface area contributed by atoms with Crippen LogP contribution in [-0.4, -0.2) is 65.8 Å². The number of hydrogen-bond donors (Lipinski definition) is 2. The minimum atomic E-state index is -0.820. The Labute approximate surface area is 189 Å². The number of aliphatic imine (C=N–C) groups is 1. The maximum atomic E-state index is 11.1. The van der Waals surface area contributed by atoms with Crippen LogP contribution in [0.2, 0.25) is 0 Å². The van der Waals surface area contributed by atoms with Crippen molar-refractivity contribution in [2.24, 2.45) is 4.99 Å². The molecule has 8 heteroatoms. The molecule has 0 spiro atoms. The third-order valence-corrected chi connectivity index (χ3v) is 5.81. The van der Waals surface area contributed by atoms with Crippen LogP contribution in [0, 0.1) is 6.92 Å². The second-order valence-electron chi connectivity index (χ2n) is 7.78. The standard InChI is InChI=1S/C21H29N5O2.HI/c1-16-13-18(24-28-16)14-25-9-11-26(12-10-25)20(22-2)23-15-21(27)8-7-17-5-3-4-6-19(17)21;/h3-6,13,27H,7-12,14-15H2,1-2H3,(H,22,23);1H. The van der Waals surface area contributed by atoms with Gasteiger partial charge in [0.05, 0.1) is 12.2 Å². The quantitative estimate of drug-likeness (QED) is 0.372. The van der Waals surface area contributed by atoms with Crippen molar-refractivity contribution in [3.8, 4) is 0 Å². The Hall–Kier alpha value is -1.65. The first kappa shape index (κ1) is 22.0. The number of nitrogens with one attached hydrogen (secondary N) is 1. The van der Waals surface area contributed by atoms with Crippen molar-refractivity contribution in [1.82, 2.24) is 20.3 Å². The van der Waals surface area contributed by atoms with Gasteiger partial charge in [0, 0.05) is 45.8 Å². The third kappa shape index (κ3) is 4.92. The van der Waals surface area contributed by atoms with E-state index in [1.807, 2.05) is 31.2 Å². The Morgan fingerprint density at radius 1 is 1.28 bits per heavy atom. The fourth-order valence-electron chi connectivity index (χ4n) is 4.25. The van der Waals surface area contributed by atoms with Crippen molar-refractivity contribution in [3.63, 3.8) is 0 Å². The fraction of sp³-hybridized carbons (Fsp3) is 0.524. The molecule has 0 bridgehead atoms. The molecule has 4 rings (SSSR count).